The second-order valence-electron chi connectivity index (χ2n) is 7.42. The van der Waals surface area contributed by atoms with E-state index >= 15 is 0 Å². The molecule has 0 saturated heterocycles. The minimum atomic E-state index is -0.426. The Morgan fingerprint density at radius 2 is 2.17 bits per heavy atom. The first-order valence-corrected chi connectivity index (χ1v) is 8.40. The smallest absolute Gasteiger partial charge is 0.319 e. The predicted octanol–water partition coefficient (Wildman–Crippen LogP) is 3.53. The van der Waals surface area contributed by atoms with Crippen molar-refractivity contribution in [1.82, 2.24) is 5.32 Å². The minimum Gasteiger partial charge on any atom is -0.491 e. The normalized spacial score (nSPS) is 15.7. The van der Waals surface area contributed by atoms with Crippen LogP contribution >= 0.6 is 0 Å². The molecular weight excluding hydrogens is 311 g/mol. The molecule has 2 rings (SSSR count). The summed E-state index contributed by atoms with van der Waals surface area (Å²) in [5, 5.41) is 15.0. The molecule has 2 amide bonds. The van der Waals surface area contributed by atoms with E-state index in [1.54, 1.807) is 6.92 Å². The number of halogens is 1. The SMILES string of the molecule is CC(O)CC(C)(C)CNC(=O)Nc1ccc(F)cc1OCC1CC1. The molecule has 1 fully saturated rings. The Morgan fingerprint density at radius 3 is 2.79 bits per heavy atom. The molecule has 5 nitrogen and oxygen atoms in total. The van der Waals surface area contributed by atoms with Gasteiger partial charge in [0.25, 0.3) is 0 Å². The van der Waals surface area contributed by atoms with Crippen LogP contribution < -0.4 is 15.4 Å². The van der Waals surface area contributed by atoms with Crippen LogP contribution in [0, 0.1) is 17.2 Å². The zero-order valence-corrected chi connectivity index (χ0v) is 14.6. The number of urea groups is 1. The van der Waals surface area contributed by atoms with Crippen molar-refractivity contribution in [2.45, 2.75) is 46.1 Å². The van der Waals surface area contributed by atoms with Crippen LogP contribution in [0.5, 0.6) is 5.75 Å². The molecule has 1 aliphatic carbocycles. The number of hydrogen-bond acceptors (Lipinski definition) is 3. The molecule has 1 saturated carbocycles. The van der Waals surface area contributed by atoms with E-state index in [1.807, 2.05) is 13.8 Å². The lowest BCUT2D eigenvalue weighted by molar-refractivity contribution is 0.129. The van der Waals surface area contributed by atoms with Crippen molar-refractivity contribution in [2.24, 2.45) is 11.3 Å². The van der Waals surface area contributed by atoms with Crippen LogP contribution in [0.4, 0.5) is 14.9 Å². The van der Waals surface area contributed by atoms with Gasteiger partial charge < -0.3 is 20.5 Å². The molecule has 0 heterocycles. The fraction of sp³-hybridized carbons (Fsp3) is 0.611. The number of rotatable bonds is 8. The van der Waals surface area contributed by atoms with Gasteiger partial charge >= 0.3 is 6.03 Å². The average molecular weight is 338 g/mol. The van der Waals surface area contributed by atoms with Crippen molar-refractivity contribution < 1.29 is 19.0 Å². The number of carbonyl (C=O) groups excluding carboxylic acids is 1. The quantitative estimate of drug-likeness (QED) is 0.679. The number of ether oxygens (including phenoxy) is 1. The zero-order valence-electron chi connectivity index (χ0n) is 14.6. The Kier molecular flexibility index (Phi) is 6.04. The summed E-state index contributed by atoms with van der Waals surface area (Å²) in [4.78, 5) is 12.1. The lowest BCUT2D eigenvalue weighted by Crippen LogP contribution is -2.38. The van der Waals surface area contributed by atoms with E-state index < -0.39 is 11.9 Å². The fourth-order valence-electron chi connectivity index (χ4n) is 2.57. The van der Waals surface area contributed by atoms with E-state index in [9.17, 15) is 14.3 Å². The Hall–Kier alpha value is -1.82. The topological polar surface area (TPSA) is 70.6 Å². The van der Waals surface area contributed by atoms with Crippen molar-refractivity contribution in [3.63, 3.8) is 0 Å². The van der Waals surface area contributed by atoms with Gasteiger partial charge in [0.15, 0.2) is 0 Å². The molecule has 0 bridgehead atoms. The van der Waals surface area contributed by atoms with Crippen LogP contribution in [0.15, 0.2) is 18.2 Å². The molecule has 0 aromatic heterocycles. The molecule has 1 atom stereocenters. The summed E-state index contributed by atoms with van der Waals surface area (Å²) in [6.45, 7) is 6.64. The summed E-state index contributed by atoms with van der Waals surface area (Å²) in [6, 6.07) is 3.70. The van der Waals surface area contributed by atoms with Crippen LogP contribution in [0.3, 0.4) is 0 Å². The van der Waals surface area contributed by atoms with Gasteiger partial charge in [-0.2, -0.15) is 0 Å². The van der Waals surface area contributed by atoms with Gasteiger partial charge in [0.05, 0.1) is 18.4 Å². The molecule has 1 unspecified atom stereocenters. The van der Waals surface area contributed by atoms with Gasteiger partial charge in [-0.1, -0.05) is 13.8 Å². The van der Waals surface area contributed by atoms with Crippen molar-refractivity contribution in [1.29, 1.82) is 0 Å². The van der Waals surface area contributed by atoms with Gasteiger partial charge in [-0.15, -0.1) is 0 Å². The van der Waals surface area contributed by atoms with Crippen LogP contribution in [0.1, 0.15) is 40.0 Å². The summed E-state index contributed by atoms with van der Waals surface area (Å²) >= 11 is 0. The Balaban J connectivity index is 1.90. The van der Waals surface area contributed by atoms with E-state index in [0.29, 0.717) is 36.9 Å². The van der Waals surface area contributed by atoms with Crippen LogP contribution in [-0.4, -0.2) is 30.4 Å². The summed E-state index contributed by atoms with van der Waals surface area (Å²) in [5.41, 5.74) is 0.225. The molecule has 6 heteroatoms. The number of amides is 2. The largest absolute Gasteiger partial charge is 0.491 e. The van der Waals surface area contributed by atoms with E-state index in [-0.39, 0.29) is 11.4 Å². The summed E-state index contributed by atoms with van der Waals surface area (Å²) < 4.78 is 19.0. The number of carbonyl (C=O) groups is 1. The van der Waals surface area contributed by atoms with Crippen LogP contribution in [0.25, 0.3) is 0 Å². The third-order valence-electron chi connectivity index (χ3n) is 3.94. The Bertz CT molecular complexity index is 571. The molecule has 0 aliphatic heterocycles. The molecule has 1 aliphatic rings. The van der Waals surface area contributed by atoms with E-state index in [4.69, 9.17) is 4.74 Å². The van der Waals surface area contributed by atoms with Gasteiger partial charge in [0.2, 0.25) is 0 Å². The van der Waals surface area contributed by atoms with Gasteiger partial charge in [0, 0.05) is 12.6 Å². The van der Waals surface area contributed by atoms with Gasteiger partial charge in [-0.05, 0) is 49.7 Å². The first-order chi connectivity index (χ1) is 11.2. The van der Waals surface area contributed by atoms with Crippen molar-refractivity contribution in [3.8, 4) is 5.75 Å². The summed E-state index contributed by atoms with van der Waals surface area (Å²) in [5.74, 6) is 0.487. The summed E-state index contributed by atoms with van der Waals surface area (Å²) in [6.07, 6.45) is 2.43. The average Bonchev–Trinajstić information content (AvgIpc) is 3.28. The van der Waals surface area contributed by atoms with Crippen molar-refractivity contribution in [3.05, 3.63) is 24.0 Å². The molecule has 0 radical (unpaired) electrons. The molecule has 134 valence electrons. The van der Waals surface area contributed by atoms with E-state index in [0.717, 1.165) is 12.8 Å². The maximum atomic E-state index is 13.4. The lowest BCUT2D eigenvalue weighted by atomic mass is 9.87. The van der Waals surface area contributed by atoms with Gasteiger partial charge in [-0.3, -0.25) is 0 Å². The molecular formula is C18H27FN2O3. The number of benzene rings is 1. The van der Waals surface area contributed by atoms with Gasteiger partial charge in [0.1, 0.15) is 11.6 Å². The monoisotopic (exact) mass is 338 g/mol. The number of aliphatic hydroxyl groups is 1. The van der Waals surface area contributed by atoms with Crippen LogP contribution in [-0.2, 0) is 0 Å². The van der Waals surface area contributed by atoms with E-state index in [1.165, 1.54) is 18.2 Å². The standard InChI is InChI=1S/C18H27FN2O3/c1-12(22)9-18(2,3)11-20-17(23)21-15-7-6-14(19)8-16(15)24-10-13-4-5-13/h6-8,12-13,22H,4-5,9-11H2,1-3H3,(H2,20,21,23). The van der Waals surface area contributed by atoms with Crippen molar-refractivity contribution >= 4 is 11.7 Å². The molecule has 3 N–H and O–H groups in total. The molecule has 0 spiro atoms. The highest BCUT2D eigenvalue weighted by Gasteiger charge is 2.23. The third-order valence-corrected chi connectivity index (χ3v) is 3.94. The molecule has 1 aromatic carbocycles. The highest BCUT2D eigenvalue weighted by molar-refractivity contribution is 5.90. The first-order valence-electron chi connectivity index (χ1n) is 8.40. The molecule has 24 heavy (non-hydrogen) atoms. The highest BCUT2D eigenvalue weighted by atomic mass is 19.1. The first kappa shape index (κ1) is 18.5. The maximum absolute atomic E-state index is 13.4. The second-order valence-corrected chi connectivity index (χ2v) is 7.42. The third kappa shape index (κ3) is 6.35. The van der Waals surface area contributed by atoms with Gasteiger partial charge in [-0.25, -0.2) is 9.18 Å². The van der Waals surface area contributed by atoms with Crippen molar-refractivity contribution in [2.75, 3.05) is 18.5 Å². The summed E-state index contributed by atoms with van der Waals surface area (Å²) in [7, 11) is 0. The van der Waals surface area contributed by atoms with E-state index in [2.05, 4.69) is 10.6 Å². The number of hydrogen-bond donors (Lipinski definition) is 3. The lowest BCUT2D eigenvalue weighted by Gasteiger charge is -2.26. The zero-order chi connectivity index (χ0) is 17.7. The Labute approximate surface area is 142 Å². The highest BCUT2D eigenvalue weighted by Crippen LogP contribution is 2.32. The second kappa shape index (κ2) is 7.83. The Morgan fingerprint density at radius 1 is 1.46 bits per heavy atom. The van der Waals surface area contributed by atoms with Crippen LogP contribution in [0.2, 0.25) is 0 Å². The number of nitrogens with one attached hydrogen (secondary N) is 2. The number of aliphatic hydroxyl groups excluding tert-OH is 1. The maximum Gasteiger partial charge on any atom is 0.319 e. The number of anilines is 1. The predicted molar refractivity (Wildman–Crippen MR) is 91.7 cm³/mol. The molecule has 1 aromatic rings. The minimum absolute atomic E-state index is 0.223. The fourth-order valence-corrected chi connectivity index (χ4v) is 2.57.